The minimum atomic E-state index is -0.163. The quantitative estimate of drug-likeness (QED) is 0.934. The number of aryl methyl sites for hydroxylation is 1. The van der Waals surface area contributed by atoms with Crippen molar-refractivity contribution < 1.29 is 4.79 Å². The molecule has 1 aliphatic rings. The third-order valence-corrected chi connectivity index (χ3v) is 4.00. The van der Waals surface area contributed by atoms with Gasteiger partial charge in [0.2, 0.25) is 5.91 Å². The van der Waals surface area contributed by atoms with Crippen molar-refractivity contribution in [3.05, 3.63) is 59.7 Å². The minimum absolute atomic E-state index is 0.137. The van der Waals surface area contributed by atoms with Crippen LogP contribution in [0.3, 0.4) is 0 Å². The molecule has 0 bridgehead atoms. The van der Waals surface area contributed by atoms with Crippen LogP contribution in [-0.4, -0.2) is 18.5 Å². The van der Waals surface area contributed by atoms with Crippen LogP contribution in [0.2, 0.25) is 0 Å². The summed E-state index contributed by atoms with van der Waals surface area (Å²) in [5.74, 6) is 0.137. The maximum Gasteiger partial charge on any atom is 0.249 e. The third kappa shape index (κ3) is 2.64. The van der Waals surface area contributed by atoms with Crippen LogP contribution in [0, 0.1) is 6.92 Å². The number of nitrogens with zero attached hydrogens (tertiary/aromatic N) is 1. The molecule has 0 spiro atoms. The molecule has 0 fully saturated rings. The van der Waals surface area contributed by atoms with E-state index in [1.54, 1.807) is 0 Å². The van der Waals surface area contributed by atoms with E-state index in [0.717, 1.165) is 17.8 Å². The number of hydrogen-bond acceptors (Lipinski definition) is 2. The molecule has 0 saturated heterocycles. The highest BCUT2D eigenvalue weighted by Gasteiger charge is 2.29. The number of fused-ring (bicyclic) bond motifs is 1. The van der Waals surface area contributed by atoms with Gasteiger partial charge in [-0.1, -0.05) is 35.9 Å². The fourth-order valence-corrected chi connectivity index (χ4v) is 2.83. The highest BCUT2D eigenvalue weighted by Crippen LogP contribution is 2.27. The van der Waals surface area contributed by atoms with Gasteiger partial charge in [0.15, 0.2) is 0 Å². The van der Waals surface area contributed by atoms with E-state index >= 15 is 0 Å². The molecule has 0 unspecified atom stereocenters. The van der Waals surface area contributed by atoms with Crippen molar-refractivity contribution >= 4 is 17.3 Å². The number of nitrogens with one attached hydrogen (secondary N) is 1. The Morgan fingerprint density at radius 3 is 2.57 bits per heavy atom. The molecule has 0 radical (unpaired) electrons. The minimum Gasteiger partial charge on any atom is -0.373 e. The van der Waals surface area contributed by atoms with Crippen LogP contribution in [0.1, 0.15) is 18.1 Å². The molecule has 0 saturated carbocycles. The smallest absolute Gasteiger partial charge is 0.249 e. The number of carbonyl (C=O) groups excluding carboxylic acids is 1. The summed E-state index contributed by atoms with van der Waals surface area (Å²) < 4.78 is 0. The van der Waals surface area contributed by atoms with E-state index in [1.807, 2.05) is 54.3 Å². The molecule has 1 N–H and O–H groups in total. The van der Waals surface area contributed by atoms with Gasteiger partial charge in [-0.2, -0.15) is 0 Å². The van der Waals surface area contributed by atoms with E-state index in [0.29, 0.717) is 6.54 Å². The lowest BCUT2D eigenvalue weighted by molar-refractivity contribution is -0.119. The van der Waals surface area contributed by atoms with Crippen LogP contribution >= 0.6 is 0 Å². The first-order chi connectivity index (χ1) is 10.2. The lowest BCUT2D eigenvalue weighted by Crippen LogP contribution is -2.42. The van der Waals surface area contributed by atoms with Gasteiger partial charge in [-0.3, -0.25) is 4.79 Å². The van der Waals surface area contributed by atoms with Crippen molar-refractivity contribution in [3.63, 3.8) is 0 Å². The lowest BCUT2D eigenvalue weighted by Gasteiger charge is -2.24. The molecule has 2 aromatic carbocycles. The fourth-order valence-electron chi connectivity index (χ4n) is 2.83. The summed E-state index contributed by atoms with van der Waals surface area (Å²) in [6, 6.07) is 16.1. The number of amides is 1. The van der Waals surface area contributed by atoms with Gasteiger partial charge < -0.3 is 10.2 Å². The Kier molecular flexibility index (Phi) is 3.65. The molecule has 108 valence electrons. The van der Waals surface area contributed by atoms with E-state index in [9.17, 15) is 4.79 Å². The molecule has 1 amide bonds. The largest absolute Gasteiger partial charge is 0.373 e. The van der Waals surface area contributed by atoms with E-state index in [1.165, 1.54) is 11.1 Å². The Balaban J connectivity index is 1.80. The highest BCUT2D eigenvalue weighted by molar-refractivity contribution is 6.00. The normalized spacial score (nSPS) is 16.2. The van der Waals surface area contributed by atoms with Crippen molar-refractivity contribution in [2.24, 2.45) is 0 Å². The first kappa shape index (κ1) is 13.7. The first-order valence-corrected chi connectivity index (χ1v) is 7.41. The van der Waals surface area contributed by atoms with Crippen LogP contribution in [0.5, 0.6) is 0 Å². The Morgan fingerprint density at radius 2 is 1.90 bits per heavy atom. The van der Waals surface area contributed by atoms with Crippen molar-refractivity contribution in [2.45, 2.75) is 26.3 Å². The molecule has 0 aliphatic carbocycles. The van der Waals surface area contributed by atoms with Gasteiger partial charge in [-0.15, -0.1) is 0 Å². The van der Waals surface area contributed by atoms with E-state index in [-0.39, 0.29) is 11.9 Å². The van der Waals surface area contributed by atoms with Crippen LogP contribution in [0.4, 0.5) is 11.4 Å². The summed E-state index contributed by atoms with van der Waals surface area (Å²) in [6.07, 6.45) is 0.761. The summed E-state index contributed by atoms with van der Waals surface area (Å²) in [6.45, 7) is 4.74. The van der Waals surface area contributed by atoms with Gasteiger partial charge in [-0.25, -0.2) is 0 Å². The second-order valence-corrected chi connectivity index (χ2v) is 5.48. The summed E-state index contributed by atoms with van der Waals surface area (Å²) in [4.78, 5) is 14.6. The lowest BCUT2D eigenvalue weighted by atomic mass is 10.1. The predicted molar refractivity (Wildman–Crippen MR) is 86.8 cm³/mol. The predicted octanol–water partition coefficient (Wildman–Crippen LogP) is 3.38. The SMILES string of the molecule is CCN(C(=O)[C@@H]1Cc2ccccc2N1)c1ccc(C)cc1. The molecule has 2 aromatic rings. The molecule has 1 heterocycles. The Labute approximate surface area is 125 Å². The van der Waals surface area contributed by atoms with Gasteiger partial charge >= 0.3 is 0 Å². The summed E-state index contributed by atoms with van der Waals surface area (Å²) >= 11 is 0. The van der Waals surface area contributed by atoms with E-state index in [2.05, 4.69) is 18.3 Å². The molecule has 3 rings (SSSR count). The zero-order valence-electron chi connectivity index (χ0n) is 12.5. The summed E-state index contributed by atoms with van der Waals surface area (Å²) in [7, 11) is 0. The highest BCUT2D eigenvalue weighted by atomic mass is 16.2. The van der Waals surface area contributed by atoms with Gasteiger partial charge in [0, 0.05) is 24.3 Å². The van der Waals surface area contributed by atoms with E-state index in [4.69, 9.17) is 0 Å². The molecule has 21 heavy (non-hydrogen) atoms. The summed E-state index contributed by atoms with van der Waals surface area (Å²) in [5.41, 5.74) is 4.46. The van der Waals surface area contributed by atoms with Crippen molar-refractivity contribution in [1.29, 1.82) is 0 Å². The maximum absolute atomic E-state index is 12.8. The van der Waals surface area contributed by atoms with Crippen LogP contribution in [0.25, 0.3) is 0 Å². The number of benzene rings is 2. The van der Waals surface area contributed by atoms with Gasteiger partial charge in [0.1, 0.15) is 6.04 Å². The van der Waals surface area contributed by atoms with Crippen LogP contribution in [-0.2, 0) is 11.2 Å². The standard InChI is InChI=1S/C18H20N2O/c1-3-20(15-10-8-13(2)9-11-15)18(21)17-12-14-6-4-5-7-16(14)19-17/h4-11,17,19H,3,12H2,1-2H3/t17-/m0/s1. The van der Waals surface area contributed by atoms with Crippen molar-refractivity contribution in [3.8, 4) is 0 Å². The second kappa shape index (κ2) is 5.60. The number of likely N-dealkylation sites (N-methyl/N-ethyl adjacent to an activating group) is 1. The fraction of sp³-hybridized carbons (Fsp3) is 0.278. The van der Waals surface area contributed by atoms with Crippen molar-refractivity contribution in [2.75, 3.05) is 16.8 Å². The topological polar surface area (TPSA) is 32.3 Å². The monoisotopic (exact) mass is 280 g/mol. The zero-order chi connectivity index (χ0) is 14.8. The zero-order valence-corrected chi connectivity index (χ0v) is 12.5. The molecular formula is C18H20N2O. The van der Waals surface area contributed by atoms with Crippen LogP contribution in [0.15, 0.2) is 48.5 Å². The van der Waals surface area contributed by atoms with Gasteiger partial charge in [-0.05, 0) is 37.6 Å². The molecule has 1 aliphatic heterocycles. The molecule has 0 aromatic heterocycles. The number of hydrogen-bond donors (Lipinski definition) is 1. The number of rotatable bonds is 3. The Morgan fingerprint density at radius 1 is 1.19 bits per heavy atom. The molecule has 3 heteroatoms. The molecular weight excluding hydrogens is 260 g/mol. The summed E-state index contributed by atoms with van der Waals surface area (Å²) in [5, 5.41) is 3.34. The maximum atomic E-state index is 12.8. The van der Waals surface area contributed by atoms with E-state index < -0.39 is 0 Å². The van der Waals surface area contributed by atoms with Crippen LogP contribution < -0.4 is 10.2 Å². The Hall–Kier alpha value is -2.29. The van der Waals surface area contributed by atoms with Gasteiger partial charge in [0.05, 0.1) is 0 Å². The molecule has 1 atom stereocenters. The second-order valence-electron chi connectivity index (χ2n) is 5.48. The number of anilines is 2. The van der Waals surface area contributed by atoms with Crippen molar-refractivity contribution in [1.82, 2.24) is 0 Å². The third-order valence-electron chi connectivity index (χ3n) is 4.00. The molecule has 3 nitrogen and oxygen atoms in total. The number of para-hydroxylation sites is 1. The average molecular weight is 280 g/mol. The Bertz CT molecular complexity index is 624. The average Bonchev–Trinajstić information content (AvgIpc) is 2.93. The van der Waals surface area contributed by atoms with Gasteiger partial charge in [0.25, 0.3) is 0 Å². The first-order valence-electron chi connectivity index (χ1n) is 7.41. The number of carbonyl (C=O) groups is 1.